The summed E-state index contributed by atoms with van der Waals surface area (Å²) in [5.74, 6) is -0.525. The van der Waals surface area contributed by atoms with Crippen LogP contribution in [0.25, 0.3) is 10.9 Å². The molecule has 0 aliphatic heterocycles. The zero-order valence-corrected chi connectivity index (χ0v) is 12.8. The molecule has 1 aromatic carbocycles. The Balaban J connectivity index is 2.89. The van der Waals surface area contributed by atoms with Gasteiger partial charge in [0, 0.05) is 16.1 Å². The van der Waals surface area contributed by atoms with Crippen LogP contribution in [-0.4, -0.2) is 18.1 Å². The third-order valence-electron chi connectivity index (χ3n) is 2.33. The highest BCUT2D eigenvalue weighted by Crippen LogP contribution is 2.39. The minimum Gasteiger partial charge on any atom is -0.465 e. The quantitative estimate of drug-likeness (QED) is 0.538. The number of methoxy groups -OCH3 is 1. The minimum atomic E-state index is -0.525. The molecule has 2 aromatic rings. The topological polar surface area (TPSA) is 39.2 Å². The molecule has 0 saturated heterocycles. The van der Waals surface area contributed by atoms with Crippen molar-refractivity contribution in [1.82, 2.24) is 4.98 Å². The number of aromatic nitrogens is 1. The van der Waals surface area contributed by atoms with Crippen molar-refractivity contribution in [3.05, 3.63) is 37.4 Å². The molecular formula is C11H5BrCl3NO2. The first-order chi connectivity index (χ1) is 8.47. The first-order valence-electron chi connectivity index (χ1n) is 4.67. The van der Waals surface area contributed by atoms with Gasteiger partial charge in [0.2, 0.25) is 0 Å². The summed E-state index contributed by atoms with van der Waals surface area (Å²) in [4.78, 5) is 15.7. The number of fused-ring (bicyclic) bond motifs is 1. The Morgan fingerprint density at radius 3 is 2.61 bits per heavy atom. The number of nitrogens with zero attached hydrogens (tertiary/aromatic N) is 1. The second-order valence-electron chi connectivity index (χ2n) is 3.36. The Kier molecular flexibility index (Phi) is 4.02. The predicted molar refractivity (Wildman–Crippen MR) is 75.8 cm³/mol. The Morgan fingerprint density at radius 1 is 1.33 bits per heavy atom. The molecule has 0 spiro atoms. The lowest BCUT2D eigenvalue weighted by molar-refractivity contribution is 0.0599. The predicted octanol–water partition coefficient (Wildman–Crippen LogP) is 4.74. The summed E-state index contributed by atoms with van der Waals surface area (Å²) >= 11 is 21.4. The van der Waals surface area contributed by atoms with Gasteiger partial charge in [-0.3, -0.25) is 4.98 Å². The fraction of sp³-hybridized carbons (Fsp3) is 0.0909. The van der Waals surface area contributed by atoms with Gasteiger partial charge in [-0.2, -0.15) is 0 Å². The molecule has 7 heteroatoms. The molecule has 0 fully saturated rings. The highest BCUT2D eigenvalue weighted by Gasteiger charge is 2.19. The summed E-state index contributed by atoms with van der Waals surface area (Å²) in [6, 6.07) is 1.50. The lowest BCUT2D eigenvalue weighted by Gasteiger charge is -2.09. The van der Waals surface area contributed by atoms with E-state index in [0.717, 1.165) is 0 Å². The number of esters is 1. The molecule has 1 heterocycles. The Hall–Kier alpha value is -0.550. The van der Waals surface area contributed by atoms with E-state index in [1.165, 1.54) is 19.4 Å². The van der Waals surface area contributed by atoms with E-state index < -0.39 is 5.97 Å². The zero-order chi connectivity index (χ0) is 13.4. The molecule has 18 heavy (non-hydrogen) atoms. The van der Waals surface area contributed by atoms with Gasteiger partial charge in [-0.1, -0.05) is 34.8 Å². The number of ether oxygens (including phenoxy) is 1. The number of halogens is 4. The first-order valence-corrected chi connectivity index (χ1v) is 6.60. The molecule has 0 amide bonds. The molecule has 0 atom stereocenters. The van der Waals surface area contributed by atoms with Gasteiger partial charge in [0.1, 0.15) is 0 Å². The molecule has 2 rings (SSSR count). The maximum Gasteiger partial charge on any atom is 0.340 e. The molecule has 1 aromatic heterocycles. The third kappa shape index (κ3) is 2.18. The number of benzene rings is 1. The van der Waals surface area contributed by atoms with Crippen LogP contribution in [0.1, 0.15) is 10.4 Å². The van der Waals surface area contributed by atoms with Crippen LogP contribution in [0.15, 0.2) is 16.7 Å². The summed E-state index contributed by atoms with van der Waals surface area (Å²) in [6.45, 7) is 0. The van der Waals surface area contributed by atoms with Gasteiger partial charge in [0.15, 0.2) is 0 Å². The Morgan fingerprint density at radius 2 is 2.00 bits per heavy atom. The number of pyridine rings is 1. The SMILES string of the molecule is COC(=O)c1cnc2c(Cl)cc(Cl)c(Cl)c2c1Br. The van der Waals surface area contributed by atoms with Gasteiger partial charge in [-0.25, -0.2) is 4.79 Å². The van der Waals surface area contributed by atoms with E-state index in [4.69, 9.17) is 34.8 Å². The molecular weight excluding hydrogens is 364 g/mol. The molecule has 0 N–H and O–H groups in total. The van der Waals surface area contributed by atoms with Crippen molar-refractivity contribution in [1.29, 1.82) is 0 Å². The Labute approximate surface area is 126 Å². The van der Waals surface area contributed by atoms with Crippen molar-refractivity contribution in [2.24, 2.45) is 0 Å². The van der Waals surface area contributed by atoms with Crippen molar-refractivity contribution >= 4 is 67.6 Å². The molecule has 0 radical (unpaired) electrons. The molecule has 3 nitrogen and oxygen atoms in total. The molecule has 0 aliphatic carbocycles. The van der Waals surface area contributed by atoms with Crippen molar-refractivity contribution in [2.75, 3.05) is 7.11 Å². The number of hydrogen-bond donors (Lipinski definition) is 0. The van der Waals surface area contributed by atoms with E-state index in [1.807, 2.05) is 0 Å². The standard InChI is InChI=1S/C11H5BrCl3NO2/c1-18-11(17)4-3-16-10-6(14)2-5(13)9(15)7(10)8(4)12/h2-3H,1H3. The minimum absolute atomic E-state index is 0.255. The van der Waals surface area contributed by atoms with E-state index in [-0.39, 0.29) is 10.6 Å². The average molecular weight is 369 g/mol. The van der Waals surface area contributed by atoms with Gasteiger partial charge in [-0.05, 0) is 22.0 Å². The van der Waals surface area contributed by atoms with Crippen LogP contribution in [0.3, 0.4) is 0 Å². The van der Waals surface area contributed by atoms with Crippen molar-refractivity contribution in [3.8, 4) is 0 Å². The third-order valence-corrected chi connectivity index (χ3v) is 4.23. The van der Waals surface area contributed by atoms with Gasteiger partial charge < -0.3 is 4.74 Å². The maximum absolute atomic E-state index is 11.6. The van der Waals surface area contributed by atoms with Gasteiger partial charge in [0.25, 0.3) is 0 Å². The van der Waals surface area contributed by atoms with E-state index in [2.05, 4.69) is 25.7 Å². The summed E-state index contributed by atoms with van der Waals surface area (Å²) in [7, 11) is 1.28. The fourth-order valence-electron chi connectivity index (χ4n) is 1.48. The Bertz CT molecular complexity index is 661. The molecule has 0 bridgehead atoms. The van der Waals surface area contributed by atoms with Crippen molar-refractivity contribution < 1.29 is 9.53 Å². The smallest absolute Gasteiger partial charge is 0.340 e. The van der Waals surface area contributed by atoms with Crippen LogP contribution in [0.5, 0.6) is 0 Å². The van der Waals surface area contributed by atoms with Crippen LogP contribution < -0.4 is 0 Å². The van der Waals surface area contributed by atoms with E-state index in [9.17, 15) is 4.79 Å². The first kappa shape index (κ1) is 13.9. The molecule has 0 aliphatic rings. The van der Waals surface area contributed by atoms with Crippen molar-refractivity contribution in [2.45, 2.75) is 0 Å². The second-order valence-corrected chi connectivity index (χ2v) is 5.34. The summed E-state index contributed by atoms with van der Waals surface area (Å²) < 4.78 is 5.10. The van der Waals surface area contributed by atoms with Crippen molar-refractivity contribution in [3.63, 3.8) is 0 Å². The van der Waals surface area contributed by atoms with Gasteiger partial charge in [0.05, 0.1) is 33.3 Å². The molecule has 0 unspecified atom stereocenters. The molecule has 94 valence electrons. The number of carbonyl (C=O) groups excluding carboxylic acids is 1. The van der Waals surface area contributed by atoms with Gasteiger partial charge >= 0.3 is 5.97 Å². The highest BCUT2D eigenvalue weighted by atomic mass is 79.9. The molecule has 0 saturated carbocycles. The number of rotatable bonds is 1. The summed E-state index contributed by atoms with van der Waals surface area (Å²) in [5, 5.41) is 1.41. The van der Waals surface area contributed by atoms with Crippen LogP contribution in [0.4, 0.5) is 0 Å². The second kappa shape index (κ2) is 5.21. The highest BCUT2D eigenvalue weighted by molar-refractivity contribution is 9.10. The van der Waals surface area contributed by atoms with Crippen LogP contribution >= 0.6 is 50.7 Å². The number of hydrogen-bond acceptors (Lipinski definition) is 3. The largest absolute Gasteiger partial charge is 0.465 e. The van der Waals surface area contributed by atoms with Gasteiger partial charge in [-0.15, -0.1) is 0 Å². The van der Waals surface area contributed by atoms with Crippen LogP contribution in [0.2, 0.25) is 15.1 Å². The van der Waals surface area contributed by atoms with E-state index >= 15 is 0 Å². The van der Waals surface area contributed by atoms with E-state index in [0.29, 0.717) is 25.4 Å². The fourth-order valence-corrected chi connectivity index (χ4v) is 3.00. The van der Waals surface area contributed by atoms with Crippen LogP contribution in [-0.2, 0) is 4.74 Å². The number of carbonyl (C=O) groups is 1. The monoisotopic (exact) mass is 367 g/mol. The normalized spacial score (nSPS) is 10.7. The summed E-state index contributed by atoms with van der Waals surface area (Å²) in [6.07, 6.45) is 1.37. The van der Waals surface area contributed by atoms with E-state index in [1.54, 1.807) is 0 Å². The average Bonchev–Trinajstić information content (AvgIpc) is 2.35. The lowest BCUT2D eigenvalue weighted by Crippen LogP contribution is -2.03. The maximum atomic E-state index is 11.6. The lowest BCUT2D eigenvalue weighted by atomic mass is 10.1. The zero-order valence-electron chi connectivity index (χ0n) is 8.93. The summed E-state index contributed by atoms with van der Waals surface area (Å²) in [5.41, 5.74) is 0.718. The van der Waals surface area contributed by atoms with Crippen LogP contribution in [0, 0.1) is 0 Å².